The smallest absolute Gasteiger partial charge is 0.0601 e. The van der Waals surface area contributed by atoms with Gasteiger partial charge in [0.2, 0.25) is 0 Å². The van der Waals surface area contributed by atoms with Gasteiger partial charge in [0.25, 0.3) is 0 Å². The molecule has 0 spiro atoms. The number of hydrogen-bond donors (Lipinski definition) is 0. The molecule has 0 heterocycles. The van der Waals surface area contributed by atoms with Crippen LogP contribution in [0.25, 0.3) is 0 Å². The minimum absolute atomic E-state index is 0.763. The molecule has 1 saturated carbocycles. The van der Waals surface area contributed by atoms with Gasteiger partial charge in [-0.1, -0.05) is 24.5 Å². The van der Waals surface area contributed by atoms with E-state index in [4.69, 9.17) is 9.68 Å². The first-order valence-corrected chi connectivity index (χ1v) is 4.72. The summed E-state index contributed by atoms with van der Waals surface area (Å²) in [5.41, 5.74) is 0. The van der Waals surface area contributed by atoms with Gasteiger partial charge in [-0.05, 0) is 18.8 Å². The topological polar surface area (TPSA) is 21.7 Å². The molecule has 0 aromatic heterocycles. The molecule has 0 atom stereocenters. The molecule has 0 saturated heterocycles. The average Bonchev–Trinajstić information content (AvgIpc) is 2.16. The van der Waals surface area contributed by atoms with E-state index in [-0.39, 0.29) is 0 Å². The molecule has 0 amide bonds. The molecule has 0 radical (unpaired) electrons. The molecule has 0 unspecified atom stereocenters. The molecule has 0 N–H and O–H groups in total. The van der Waals surface area contributed by atoms with Crippen molar-refractivity contribution in [2.45, 2.75) is 32.1 Å². The Balaban J connectivity index is 2.18. The van der Waals surface area contributed by atoms with Gasteiger partial charge < -0.3 is 0 Å². The number of rotatable bonds is 4. The zero-order chi connectivity index (χ0) is 8.81. The summed E-state index contributed by atoms with van der Waals surface area (Å²) in [6.07, 6.45) is 6.78. The van der Waals surface area contributed by atoms with Crippen LogP contribution in [-0.4, -0.2) is 26.0 Å². The second kappa shape index (κ2) is 5.51. The third-order valence-electron chi connectivity index (χ3n) is 2.54. The van der Waals surface area contributed by atoms with Crippen LogP contribution in [0.15, 0.2) is 0 Å². The quantitative estimate of drug-likeness (QED) is 0.607. The molecule has 72 valence electrons. The van der Waals surface area contributed by atoms with Crippen LogP contribution in [0.3, 0.4) is 0 Å². The Labute approximate surface area is 74.5 Å². The number of hydrogen-bond acceptors (Lipinski definition) is 3. The van der Waals surface area contributed by atoms with Gasteiger partial charge in [0.15, 0.2) is 0 Å². The van der Waals surface area contributed by atoms with Crippen molar-refractivity contribution in [3.8, 4) is 0 Å². The van der Waals surface area contributed by atoms with Gasteiger partial charge in [-0.15, -0.1) is 0 Å². The van der Waals surface area contributed by atoms with E-state index >= 15 is 0 Å². The van der Waals surface area contributed by atoms with Gasteiger partial charge in [0, 0.05) is 0 Å². The van der Waals surface area contributed by atoms with Gasteiger partial charge in [-0.25, -0.2) is 0 Å². The highest BCUT2D eigenvalue weighted by molar-refractivity contribution is 4.65. The Morgan fingerprint density at radius 3 is 2.17 bits per heavy atom. The zero-order valence-corrected chi connectivity index (χ0v) is 8.08. The first-order chi connectivity index (χ1) is 5.86. The molecule has 1 fully saturated rings. The summed E-state index contributed by atoms with van der Waals surface area (Å²) in [6, 6.07) is 0. The number of hydroxylamine groups is 2. The molecule has 0 aliphatic heterocycles. The van der Waals surface area contributed by atoms with Gasteiger partial charge in [-0.3, -0.25) is 9.68 Å². The van der Waals surface area contributed by atoms with Crippen molar-refractivity contribution in [1.82, 2.24) is 5.23 Å². The van der Waals surface area contributed by atoms with Crippen LogP contribution in [0.4, 0.5) is 0 Å². The SMILES string of the molecule is CON(CC1CCCCC1)OC. The fraction of sp³-hybridized carbons (Fsp3) is 1.00. The van der Waals surface area contributed by atoms with Crippen molar-refractivity contribution in [2.75, 3.05) is 20.8 Å². The van der Waals surface area contributed by atoms with Crippen molar-refractivity contribution < 1.29 is 9.68 Å². The van der Waals surface area contributed by atoms with Gasteiger partial charge in [0.05, 0.1) is 20.8 Å². The minimum Gasteiger partial charge on any atom is -0.278 e. The van der Waals surface area contributed by atoms with E-state index in [1.54, 1.807) is 19.4 Å². The standard InChI is InChI=1S/C9H19NO2/c1-11-10(12-2)8-9-6-4-3-5-7-9/h9H,3-8H2,1-2H3. The van der Waals surface area contributed by atoms with Crippen molar-refractivity contribution >= 4 is 0 Å². The van der Waals surface area contributed by atoms with E-state index in [1.165, 1.54) is 32.1 Å². The molecule has 12 heavy (non-hydrogen) atoms. The number of nitrogens with zero attached hydrogens (tertiary/aromatic N) is 1. The Kier molecular flexibility index (Phi) is 4.58. The molecule has 3 heteroatoms. The van der Waals surface area contributed by atoms with E-state index < -0.39 is 0 Å². The maximum Gasteiger partial charge on any atom is 0.0601 e. The van der Waals surface area contributed by atoms with Crippen LogP contribution >= 0.6 is 0 Å². The van der Waals surface area contributed by atoms with Crippen molar-refractivity contribution in [3.63, 3.8) is 0 Å². The third kappa shape index (κ3) is 3.09. The fourth-order valence-corrected chi connectivity index (χ4v) is 1.80. The summed E-state index contributed by atoms with van der Waals surface area (Å²) < 4.78 is 0. The predicted octanol–water partition coefficient (Wildman–Crippen LogP) is 1.99. The summed E-state index contributed by atoms with van der Waals surface area (Å²) in [6.45, 7) is 0.910. The summed E-state index contributed by atoms with van der Waals surface area (Å²) in [4.78, 5) is 10.0. The van der Waals surface area contributed by atoms with Crippen molar-refractivity contribution in [3.05, 3.63) is 0 Å². The minimum atomic E-state index is 0.763. The van der Waals surface area contributed by atoms with Crippen LogP contribution in [0.5, 0.6) is 0 Å². The average molecular weight is 173 g/mol. The summed E-state index contributed by atoms with van der Waals surface area (Å²) in [5.74, 6) is 0.763. The lowest BCUT2D eigenvalue weighted by molar-refractivity contribution is -0.347. The highest BCUT2D eigenvalue weighted by Crippen LogP contribution is 2.24. The molecule has 1 aliphatic carbocycles. The Hall–Kier alpha value is -0.120. The Morgan fingerprint density at radius 2 is 1.67 bits per heavy atom. The van der Waals surface area contributed by atoms with Gasteiger partial charge >= 0.3 is 0 Å². The van der Waals surface area contributed by atoms with Crippen molar-refractivity contribution in [2.24, 2.45) is 5.92 Å². The van der Waals surface area contributed by atoms with E-state index in [9.17, 15) is 0 Å². The lowest BCUT2D eigenvalue weighted by Gasteiger charge is -2.25. The maximum atomic E-state index is 5.01. The lowest BCUT2D eigenvalue weighted by Crippen LogP contribution is -2.28. The molecule has 3 nitrogen and oxygen atoms in total. The van der Waals surface area contributed by atoms with Crippen LogP contribution in [-0.2, 0) is 9.68 Å². The molecule has 1 aliphatic rings. The van der Waals surface area contributed by atoms with Gasteiger partial charge in [-0.2, -0.15) is 0 Å². The molecule has 0 aromatic rings. The largest absolute Gasteiger partial charge is 0.278 e. The summed E-state index contributed by atoms with van der Waals surface area (Å²) in [7, 11) is 3.29. The van der Waals surface area contributed by atoms with Crippen molar-refractivity contribution in [1.29, 1.82) is 0 Å². The normalized spacial score (nSPS) is 20.2. The highest BCUT2D eigenvalue weighted by Gasteiger charge is 2.16. The summed E-state index contributed by atoms with van der Waals surface area (Å²) >= 11 is 0. The monoisotopic (exact) mass is 173 g/mol. The van der Waals surface area contributed by atoms with Crippen LogP contribution in [0, 0.1) is 5.92 Å². The zero-order valence-electron chi connectivity index (χ0n) is 8.08. The summed E-state index contributed by atoms with van der Waals surface area (Å²) in [5, 5.41) is 1.57. The molecular formula is C9H19NO2. The van der Waals surface area contributed by atoms with Crippen LogP contribution < -0.4 is 0 Å². The predicted molar refractivity (Wildman–Crippen MR) is 47.3 cm³/mol. The fourth-order valence-electron chi connectivity index (χ4n) is 1.80. The molecule has 0 bridgehead atoms. The van der Waals surface area contributed by atoms with Crippen LogP contribution in [0.1, 0.15) is 32.1 Å². The molecule has 1 rings (SSSR count). The first-order valence-electron chi connectivity index (χ1n) is 4.72. The second-order valence-electron chi connectivity index (χ2n) is 3.38. The highest BCUT2D eigenvalue weighted by atomic mass is 16.9. The van der Waals surface area contributed by atoms with E-state index in [0.717, 1.165) is 12.5 Å². The maximum absolute atomic E-state index is 5.01. The lowest BCUT2D eigenvalue weighted by atomic mass is 9.89. The molecular weight excluding hydrogens is 154 g/mol. The molecule has 0 aromatic carbocycles. The van der Waals surface area contributed by atoms with Gasteiger partial charge in [0.1, 0.15) is 0 Å². The second-order valence-corrected chi connectivity index (χ2v) is 3.38. The van der Waals surface area contributed by atoms with Crippen LogP contribution in [0.2, 0.25) is 0 Å². The third-order valence-corrected chi connectivity index (χ3v) is 2.54. The van der Waals surface area contributed by atoms with E-state index in [0.29, 0.717) is 0 Å². The van der Waals surface area contributed by atoms with E-state index in [2.05, 4.69) is 0 Å². The Morgan fingerprint density at radius 1 is 1.08 bits per heavy atom. The van der Waals surface area contributed by atoms with E-state index in [1.807, 2.05) is 0 Å². The first kappa shape index (κ1) is 9.96. The Bertz CT molecular complexity index is 109.